The second-order valence-corrected chi connectivity index (χ2v) is 6.95. The number of aliphatic imine (C=N–C) groups is 1. The Kier molecular flexibility index (Phi) is 5.02. The SMILES string of the molecule is Cc1ccc(C2=NC(C(F)(F)F)(C(F)(F)F)OC(c3ccccc3)S2)cc1. The Balaban J connectivity index is 2.18. The van der Waals surface area contributed by atoms with Gasteiger partial charge in [0.05, 0.1) is 0 Å². The van der Waals surface area contributed by atoms with E-state index in [2.05, 4.69) is 9.73 Å². The van der Waals surface area contributed by atoms with Crippen molar-refractivity contribution < 1.29 is 31.1 Å². The van der Waals surface area contributed by atoms with Gasteiger partial charge in [0, 0.05) is 5.56 Å². The minimum Gasteiger partial charge on any atom is -0.319 e. The monoisotopic (exact) mass is 405 g/mol. The topological polar surface area (TPSA) is 21.6 Å². The molecule has 0 aromatic heterocycles. The molecule has 0 N–H and O–H groups in total. The number of thioether (sulfide) groups is 1. The average molecular weight is 405 g/mol. The quantitative estimate of drug-likeness (QED) is 0.570. The summed E-state index contributed by atoms with van der Waals surface area (Å²) >= 11 is 0.706. The van der Waals surface area contributed by atoms with Gasteiger partial charge in [0.25, 0.3) is 0 Å². The summed E-state index contributed by atoms with van der Waals surface area (Å²) in [5, 5.41) is -0.384. The summed E-state index contributed by atoms with van der Waals surface area (Å²) in [6.07, 6.45) is -11.6. The minimum absolute atomic E-state index is 0.160. The second-order valence-electron chi connectivity index (χ2n) is 5.90. The number of hydrogen-bond donors (Lipinski definition) is 0. The van der Waals surface area contributed by atoms with E-state index in [9.17, 15) is 26.3 Å². The fourth-order valence-electron chi connectivity index (χ4n) is 2.47. The zero-order valence-corrected chi connectivity index (χ0v) is 14.6. The predicted octanol–water partition coefficient (Wildman–Crippen LogP) is 6.02. The van der Waals surface area contributed by atoms with E-state index in [0.29, 0.717) is 11.8 Å². The molecule has 0 radical (unpaired) electrons. The smallest absolute Gasteiger partial charge is 0.319 e. The molecule has 1 aliphatic heterocycles. The maximum absolute atomic E-state index is 13.6. The fourth-order valence-corrected chi connectivity index (χ4v) is 3.61. The van der Waals surface area contributed by atoms with E-state index in [1.807, 2.05) is 0 Å². The summed E-state index contributed by atoms with van der Waals surface area (Å²) in [7, 11) is 0. The molecule has 0 saturated carbocycles. The summed E-state index contributed by atoms with van der Waals surface area (Å²) in [6, 6.07) is 13.5. The molecule has 1 heterocycles. The van der Waals surface area contributed by atoms with Gasteiger partial charge >= 0.3 is 18.1 Å². The van der Waals surface area contributed by atoms with Crippen LogP contribution in [-0.2, 0) is 4.74 Å². The van der Waals surface area contributed by atoms with Crippen molar-refractivity contribution in [2.75, 3.05) is 0 Å². The highest BCUT2D eigenvalue weighted by Crippen LogP contribution is 2.54. The molecule has 3 rings (SSSR count). The zero-order valence-electron chi connectivity index (χ0n) is 13.8. The molecule has 144 valence electrons. The van der Waals surface area contributed by atoms with Gasteiger partial charge in [0.1, 0.15) is 10.5 Å². The summed E-state index contributed by atoms with van der Waals surface area (Å²) in [5.74, 6) is 0. The van der Waals surface area contributed by atoms with E-state index in [4.69, 9.17) is 0 Å². The van der Waals surface area contributed by atoms with Gasteiger partial charge < -0.3 is 4.74 Å². The van der Waals surface area contributed by atoms with Crippen LogP contribution in [0.5, 0.6) is 0 Å². The van der Waals surface area contributed by atoms with Crippen molar-refractivity contribution in [1.82, 2.24) is 0 Å². The molecule has 1 unspecified atom stereocenters. The molecule has 9 heteroatoms. The first kappa shape index (κ1) is 19.8. The van der Waals surface area contributed by atoms with Crippen LogP contribution in [0.3, 0.4) is 0 Å². The van der Waals surface area contributed by atoms with Crippen LogP contribution in [0.1, 0.15) is 22.1 Å². The molecule has 2 aromatic carbocycles. The summed E-state index contributed by atoms with van der Waals surface area (Å²) in [4.78, 5) is 3.04. The highest BCUT2D eigenvalue weighted by molar-refractivity contribution is 8.14. The first-order valence-electron chi connectivity index (χ1n) is 7.73. The Bertz CT molecular complexity index is 816. The van der Waals surface area contributed by atoms with Crippen LogP contribution in [-0.4, -0.2) is 23.1 Å². The van der Waals surface area contributed by atoms with Crippen LogP contribution >= 0.6 is 11.8 Å². The normalized spacial score (nSPS) is 20.3. The largest absolute Gasteiger partial charge is 0.448 e. The lowest BCUT2D eigenvalue weighted by Gasteiger charge is -2.40. The van der Waals surface area contributed by atoms with Gasteiger partial charge in [-0.15, -0.1) is 0 Å². The molecule has 2 aromatic rings. The number of rotatable bonds is 2. The number of ether oxygens (including phenoxy) is 1. The molecular weight excluding hydrogens is 392 g/mol. The molecule has 1 atom stereocenters. The van der Waals surface area contributed by atoms with Crippen molar-refractivity contribution in [2.45, 2.75) is 30.4 Å². The number of aryl methyl sites for hydroxylation is 1. The Morgan fingerprint density at radius 2 is 1.44 bits per heavy atom. The van der Waals surface area contributed by atoms with Crippen LogP contribution < -0.4 is 0 Å². The van der Waals surface area contributed by atoms with E-state index in [1.54, 1.807) is 25.1 Å². The third-order valence-corrected chi connectivity index (χ3v) is 5.03. The van der Waals surface area contributed by atoms with E-state index < -0.39 is 23.5 Å². The molecule has 27 heavy (non-hydrogen) atoms. The molecule has 0 amide bonds. The third-order valence-electron chi connectivity index (χ3n) is 3.89. The van der Waals surface area contributed by atoms with E-state index in [1.165, 1.54) is 36.4 Å². The fraction of sp³-hybridized carbons (Fsp3) is 0.278. The Morgan fingerprint density at radius 3 is 1.96 bits per heavy atom. The molecule has 2 nitrogen and oxygen atoms in total. The number of hydrogen-bond acceptors (Lipinski definition) is 3. The van der Waals surface area contributed by atoms with Crippen molar-refractivity contribution in [3.05, 3.63) is 71.3 Å². The number of nitrogens with zero attached hydrogens (tertiary/aromatic N) is 1. The average Bonchev–Trinajstić information content (AvgIpc) is 2.61. The number of benzene rings is 2. The van der Waals surface area contributed by atoms with Gasteiger partial charge in [-0.2, -0.15) is 26.3 Å². The van der Waals surface area contributed by atoms with Crippen molar-refractivity contribution >= 4 is 16.8 Å². The van der Waals surface area contributed by atoms with Crippen molar-refractivity contribution in [1.29, 1.82) is 0 Å². The molecule has 0 fully saturated rings. The van der Waals surface area contributed by atoms with Gasteiger partial charge in [-0.05, 0) is 12.5 Å². The van der Waals surface area contributed by atoms with Gasteiger partial charge in [-0.1, -0.05) is 71.9 Å². The van der Waals surface area contributed by atoms with Crippen molar-refractivity contribution in [3.8, 4) is 0 Å². The number of halogens is 6. The standard InChI is InChI=1S/C18H13F6NOS/c1-11-7-9-12(10-8-11)14-25-16(17(19,20)21,18(22,23)24)26-15(27-14)13-5-3-2-4-6-13/h2-10,15H,1H3. The van der Waals surface area contributed by atoms with Crippen LogP contribution in [0, 0.1) is 6.92 Å². The first-order chi connectivity index (χ1) is 12.5. The first-order valence-corrected chi connectivity index (χ1v) is 8.61. The van der Waals surface area contributed by atoms with E-state index in [-0.39, 0.29) is 16.2 Å². The van der Waals surface area contributed by atoms with Gasteiger partial charge in [0.15, 0.2) is 0 Å². The molecule has 0 saturated heterocycles. The predicted molar refractivity (Wildman–Crippen MR) is 90.4 cm³/mol. The molecule has 0 aliphatic carbocycles. The van der Waals surface area contributed by atoms with Gasteiger partial charge in [0.2, 0.25) is 0 Å². The molecular formula is C18H13F6NOS. The van der Waals surface area contributed by atoms with Crippen molar-refractivity contribution in [3.63, 3.8) is 0 Å². The highest BCUT2D eigenvalue weighted by Gasteiger charge is 2.75. The second kappa shape index (κ2) is 6.87. The van der Waals surface area contributed by atoms with Gasteiger partial charge in [-0.25, -0.2) is 4.99 Å². The van der Waals surface area contributed by atoms with Crippen molar-refractivity contribution in [2.24, 2.45) is 4.99 Å². The lowest BCUT2D eigenvalue weighted by atomic mass is 10.1. The Morgan fingerprint density at radius 1 is 0.889 bits per heavy atom. The lowest BCUT2D eigenvalue weighted by Crippen LogP contribution is -2.59. The minimum atomic E-state index is -5.78. The van der Waals surface area contributed by atoms with Crippen LogP contribution in [0.15, 0.2) is 59.6 Å². The van der Waals surface area contributed by atoms with Crippen LogP contribution in [0.25, 0.3) is 0 Å². The number of alkyl halides is 6. The Hall–Kier alpha value is -2.00. The van der Waals surface area contributed by atoms with Crippen LogP contribution in [0.4, 0.5) is 26.3 Å². The van der Waals surface area contributed by atoms with E-state index >= 15 is 0 Å². The maximum atomic E-state index is 13.6. The summed E-state index contributed by atoms with van der Waals surface area (Å²) in [6.45, 7) is 1.76. The molecule has 0 bridgehead atoms. The molecule has 1 aliphatic rings. The maximum Gasteiger partial charge on any atom is 0.448 e. The third kappa shape index (κ3) is 3.70. The lowest BCUT2D eigenvalue weighted by molar-refractivity contribution is -0.382. The zero-order chi connectivity index (χ0) is 19.9. The van der Waals surface area contributed by atoms with Gasteiger partial charge in [-0.3, -0.25) is 0 Å². The molecule has 0 spiro atoms. The summed E-state index contributed by atoms with van der Waals surface area (Å²) in [5.41, 5.74) is -5.00. The summed E-state index contributed by atoms with van der Waals surface area (Å²) < 4.78 is 86.0. The van der Waals surface area contributed by atoms with E-state index in [0.717, 1.165) is 5.56 Å². The Labute approximate surface area is 155 Å². The highest BCUT2D eigenvalue weighted by atomic mass is 32.2. The van der Waals surface area contributed by atoms with Crippen LogP contribution in [0.2, 0.25) is 0 Å².